The maximum atomic E-state index is 11.3. The van der Waals surface area contributed by atoms with Crippen LogP contribution in [-0.4, -0.2) is 38.7 Å². The summed E-state index contributed by atoms with van der Waals surface area (Å²) in [5.74, 6) is 0.659. The summed E-state index contributed by atoms with van der Waals surface area (Å²) in [6.07, 6.45) is 13.6. The summed E-state index contributed by atoms with van der Waals surface area (Å²) in [5, 5.41) is 4.00. The number of amides is 1. The molecule has 3 aromatic rings. The van der Waals surface area contributed by atoms with E-state index in [4.69, 9.17) is 4.74 Å². The molecule has 26 heavy (non-hydrogen) atoms. The lowest BCUT2D eigenvalue weighted by Gasteiger charge is -2.22. The summed E-state index contributed by atoms with van der Waals surface area (Å²) < 4.78 is 5.12. The number of fused-ring (bicyclic) bond motifs is 3. The highest BCUT2D eigenvalue weighted by Gasteiger charge is 2.23. The van der Waals surface area contributed by atoms with Gasteiger partial charge in [-0.1, -0.05) is 19.3 Å². The number of aromatic nitrogens is 4. The van der Waals surface area contributed by atoms with E-state index in [2.05, 4.69) is 25.3 Å². The highest BCUT2D eigenvalue weighted by Crippen LogP contribution is 2.28. The second-order valence-electron chi connectivity index (χ2n) is 7.18. The van der Waals surface area contributed by atoms with E-state index in [9.17, 15) is 4.79 Å². The van der Waals surface area contributed by atoms with E-state index in [0.717, 1.165) is 34.9 Å². The molecular weight excluding hydrogens is 330 g/mol. The number of imidazole rings is 1. The van der Waals surface area contributed by atoms with Crippen molar-refractivity contribution >= 4 is 28.2 Å². The minimum Gasteiger partial charge on any atom is -0.449 e. The standard InChI is InChI=1S/C11H19NO2.C8H6N4.2H2/c13-11(14-8-9-6-7-9)12-10-4-2-1-3-5-10;1-2-9-8-5(1)7-6(3-10-8)11-4-12-7;;/h9-10H,1-8H2,(H,12,13);1-4H,(H,9,10)(H,11,12);2*1H. The first-order chi connectivity index (χ1) is 12.8. The lowest BCUT2D eigenvalue weighted by atomic mass is 9.96. The summed E-state index contributed by atoms with van der Waals surface area (Å²) in [4.78, 5) is 25.8. The molecule has 0 bridgehead atoms. The van der Waals surface area contributed by atoms with Crippen molar-refractivity contribution in [1.29, 1.82) is 0 Å². The van der Waals surface area contributed by atoms with E-state index in [-0.39, 0.29) is 8.95 Å². The first kappa shape index (κ1) is 16.9. The van der Waals surface area contributed by atoms with Crippen LogP contribution in [0.15, 0.2) is 24.8 Å². The third kappa shape index (κ3) is 4.15. The number of alkyl carbamates (subject to hydrolysis) is 1. The minimum absolute atomic E-state index is 0. The molecule has 3 aromatic heterocycles. The van der Waals surface area contributed by atoms with Gasteiger partial charge in [0, 0.05) is 20.5 Å². The van der Waals surface area contributed by atoms with E-state index < -0.39 is 0 Å². The van der Waals surface area contributed by atoms with Crippen LogP contribution >= 0.6 is 0 Å². The van der Waals surface area contributed by atoms with Crippen LogP contribution in [-0.2, 0) is 4.74 Å². The summed E-state index contributed by atoms with van der Waals surface area (Å²) in [6.45, 7) is 0.624. The van der Waals surface area contributed by atoms with Crippen molar-refractivity contribution in [2.24, 2.45) is 5.92 Å². The van der Waals surface area contributed by atoms with E-state index >= 15 is 0 Å². The van der Waals surface area contributed by atoms with Crippen molar-refractivity contribution in [3.63, 3.8) is 0 Å². The Kier molecular flexibility index (Phi) is 5.04. The van der Waals surface area contributed by atoms with Crippen LogP contribution in [0.2, 0.25) is 0 Å². The molecule has 3 N–H and O–H groups in total. The lowest BCUT2D eigenvalue weighted by molar-refractivity contribution is 0.134. The molecule has 2 aliphatic rings. The Morgan fingerprint density at radius 3 is 2.85 bits per heavy atom. The lowest BCUT2D eigenvalue weighted by Crippen LogP contribution is -2.36. The zero-order chi connectivity index (χ0) is 17.8. The van der Waals surface area contributed by atoms with Crippen molar-refractivity contribution < 1.29 is 12.4 Å². The quantitative estimate of drug-likeness (QED) is 0.646. The number of H-pyrrole nitrogens is 2. The molecule has 3 heterocycles. The molecule has 7 nitrogen and oxygen atoms in total. The maximum Gasteiger partial charge on any atom is 0.407 e. The summed E-state index contributed by atoms with van der Waals surface area (Å²) >= 11 is 0. The van der Waals surface area contributed by atoms with Gasteiger partial charge in [0.1, 0.15) is 11.2 Å². The van der Waals surface area contributed by atoms with Crippen molar-refractivity contribution in [3.05, 3.63) is 24.8 Å². The fourth-order valence-corrected chi connectivity index (χ4v) is 3.34. The summed E-state index contributed by atoms with van der Waals surface area (Å²) in [6, 6.07) is 2.35. The number of carbonyl (C=O) groups excluding carboxylic acids is 1. The van der Waals surface area contributed by atoms with Gasteiger partial charge in [0.2, 0.25) is 0 Å². The predicted octanol–water partition coefficient (Wildman–Crippen LogP) is 4.39. The Hall–Kier alpha value is -2.57. The second-order valence-corrected chi connectivity index (χ2v) is 7.18. The monoisotopic (exact) mass is 359 g/mol. The molecule has 5 rings (SSSR count). The third-order valence-corrected chi connectivity index (χ3v) is 5.05. The number of pyridine rings is 1. The molecule has 7 heteroatoms. The second kappa shape index (κ2) is 7.76. The Morgan fingerprint density at radius 2 is 2.04 bits per heavy atom. The van der Waals surface area contributed by atoms with E-state index in [1.165, 1.54) is 32.1 Å². The molecule has 0 atom stereocenters. The number of carbonyl (C=O) groups is 1. The normalized spacial score (nSPS) is 17.7. The van der Waals surface area contributed by atoms with E-state index in [1.54, 1.807) is 12.5 Å². The Bertz CT molecular complexity index is 822. The number of rotatable bonds is 3. The molecular formula is C19H29N5O2. The zero-order valence-electron chi connectivity index (χ0n) is 14.8. The molecule has 0 aliphatic heterocycles. The fourth-order valence-electron chi connectivity index (χ4n) is 3.34. The number of nitrogens with one attached hydrogen (secondary N) is 3. The van der Waals surface area contributed by atoms with Crippen molar-refractivity contribution in [3.8, 4) is 0 Å². The summed E-state index contributed by atoms with van der Waals surface area (Å²) in [5.41, 5.74) is 2.83. The number of nitrogens with zero attached hydrogens (tertiary/aromatic N) is 2. The molecule has 0 radical (unpaired) electrons. The highest BCUT2D eigenvalue weighted by molar-refractivity contribution is 6.00. The van der Waals surface area contributed by atoms with Gasteiger partial charge in [-0.25, -0.2) is 14.8 Å². The molecule has 2 fully saturated rings. The maximum absolute atomic E-state index is 11.3. The van der Waals surface area contributed by atoms with Gasteiger partial charge in [-0.2, -0.15) is 0 Å². The third-order valence-electron chi connectivity index (χ3n) is 5.05. The van der Waals surface area contributed by atoms with Crippen LogP contribution in [0.25, 0.3) is 22.1 Å². The Morgan fingerprint density at radius 1 is 1.19 bits per heavy atom. The topological polar surface area (TPSA) is 95.7 Å². The van der Waals surface area contributed by atoms with Gasteiger partial charge in [0.05, 0.1) is 24.6 Å². The van der Waals surface area contributed by atoms with Crippen molar-refractivity contribution in [2.45, 2.75) is 51.0 Å². The van der Waals surface area contributed by atoms with Gasteiger partial charge in [-0.15, -0.1) is 0 Å². The molecule has 0 aromatic carbocycles. The predicted molar refractivity (Wildman–Crippen MR) is 104 cm³/mol. The first-order valence-electron chi connectivity index (χ1n) is 9.48. The number of ether oxygens (including phenoxy) is 1. The Balaban J connectivity index is 0.000000188. The van der Waals surface area contributed by atoms with Crippen LogP contribution in [0.3, 0.4) is 0 Å². The van der Waals surface area contributed by atoms with Gasteiger partial charge in [-0.05, 0) is 37.7 Å². The molecule has 2 saturated carbocycles. The van der Waals surface area contributed by atoms with Gasteiger partial charge in [0.15, 0.2) is 0 Å². The zero-order valence-corrected chi connectivity index (χ0v) is 14.8. The number of hydrogen-bond donors (Lipinski definition) is 3. The van der Waals surface area contributed by atoms with Gasteiger partial charge >= 0.3 is 6.09 Å². The minimum atomic E-state index is -0.205. The molecule has 0 saturated heterocycles. The van der Waals surface area contributed by atoms with Crippen LogP contribution in [0.5, 0.6) is 0 Å². The highest BCUT2D eigenvalue weighted by atomic mass is 16.5. The fraction of sp³-hybridized carbons (Fsp3) is 0.526. The van der Waals surface area contributed by atoms with Crippen LogP contribution in [0, 0.1) is 5.92 Å². The van der Waals surface area contributed by atoms with Gasteiger partial charge < -0.3 is 20.0 Å². The smallest absolute Gasteiger partial charge is 0.407 e. The average molecular weight is 359 g/mol. The molecule has 0 spiro atoms. The van der Waals surface area contributed by atoms with Crippen LogP contribution < -0.4 is 5.32 Å². The Labute approximate surface area is 154 Å². The SMILES string of the molecule is O=C(NC1CCCCC1)OCC1CC1.[HH].[HH].c1nc2c(cnc3[nH]ccc32)[nH]1. The number of aromatic amines is 2. The van der Waals surface area contributed by atoms with E-state index in [1.807, 2.05) is 12.3 Å². The van der Waals surface area contributed by atoms with Crippen molar-refractivity contribution in [2.75, 3.05) is 6.61 Å². The molecule has 1 amide bonds. The first-order valence-corrected chi connectivity index (χ1v) is 9.48. The molecule has 0 unspecified atom stereocenters. The number of hydrogen-bond acceptors (Lipinski definition) is 4. The molecule has 2 aliphatic carbocycles. The van der Waals surface area contributed by atoms with Crippen LogP contribution in [0.1, 0.15) is 47.8 Å². The van der Waals surface area contributed by atoms with Crippen LogP contribution in [0.4, 0.5) is 4.79 Å². The molecule has 142 valence electrons. The summed E-state index contributed by atoms with van der Waals surface area (Å²) in [7, 11) is 0. The van der Waals surface area contributed by atoms with E-state index in [0.29, 0.717) is 18.6 Å². The van der Waals surface area contributed by atoms with Gasteiger partial charge in [0.25, 0.3) is 0 Å². The van der Waals surface area contributed by atoms with Gasteiger partial charge in [-0.3, -0.25) is 0 Å². The average Bonchev–Trinajstić information content (AvgIpc) is 3.16. The largest absolute Gasteiger partial charge is 0.449 e. The van der Waals surface area contributed by atoms with Crippen molar-refractivity contribution in [1.82, 2.24) is 25.3 Å².